The van der Waals surface area contributed by atoms with Crippen LogP contribution in [0.3, 0.4) is 0 Å². The molecule has 0 amide bonds. The molecule has 0 spiro atoms. The highest BCUT2D eigenvalue weighted by Crippen LogP contribution is 2.25. The molecular weight excluding hydrogens is 236 g/mol. The minimum atomic E-state index is 0.334. The van der Waals surface area contributed by atoms with Gasteiger partial charge >= 0.3 is 0 Å². The molecule has 1 unspecified atom stereocenters. The molecule has 1 saturated heterocycles. The Kier molecular flexibility index (Phi) is 4.24. The zero-order valence-corrected chi connectivity index (χ0v) is 11.2. The predicted octanol–water partition coefficient (Wildman–Crippen LogP) is 2.74. The van der Waals surface area contributed by atoms with Gasteiger partial charge in [0.25, 0.3) is 0 Å². The topological polar surface area (TPSA) is 25.4 Å². The molecule has 2 heterocycles. The van der Waals surface area contributed by atoms with Crippen molar-refractivity contribution in [3.8, 4) is 0 Å². The third-order valence-corrected chi connectivity index (χ3v) is 3.47. The van der Waals surface area contributed by atoms with Gasteiger partial charge in [-0.2, -0.15) is 0 Å². The number of morpholine rings is 1. The Hall–Kier alpha value is -0.800. The fourth-order valence-corrected chi connectivity index (χ4v) is 2.36. The Morgan fingerprint density at radius 1 is 1.59 bits per heavy atom. The summed E-state index contributed by atoms with van der Waals surface area (Å²) in [7, 11) is 0. The highest BCUT2D eigenvalue weighted by Gasteiger charge is 2.21. The van der Waals surface area contributed by atoms with E-state index < -0.39 is 0 Å². The van der Waals surface area contributed by atoms with Crippen molar-refractivity contribution >= 4 is 17.3 Å². The molecule has 0 N–H and O–H groups in total. The standard InChI is InChI=1S/C13H19ClN2O/c1-3-12-9-16(4-5-17-12)13-6-10(2)15-8-11(13)7-14/h6,8,12H,3-5,7,9H2,1-2H3. The fourth-order valence-electron chi connectivity index (χ4n) is 2.16. The normalized spacial score (nSPS) is 20.6. The van der Waals surface area contributed by atoms with Crippen LogP contribution in [0.2, 0.25) is 0 Å². The zero-order chi connectivity index (χ0) is 12.3. The second-order valence-electron chi connectivity index (χ2n) is 4.44. The Morgan fingerprint density at radius 3 is 3.12 bits per heavy atom. The number of alkyl halides is 1. The van der Waals surface area contributed by atoms with Gasteiger partial charge in [0, 0.05) is 36.2 Å². The molecule has 1 atom stereocenters. The Labute approximate surface area is 108 Å². The van der Waals surface area contributed by atoms with Crippen LogP contribution >= 0.6 is 11.6 Å². The molecule has 3 nitrogen and oxygen atoms in total. The van der Waals surface area contributed by atoms with Crippen molar-refractivity contribution < 1.29 is 4.74 Å². The number of hydrogen-bond acceptors (Lipinski definition) is 3. The van der Waals surface area contributed by atoms with Crippen LogP contribution in [-0.2, 0) is 10.6 Å². The van der Waals surface area contributed by atoms with Gasteiger partial charge < -0.3 is 9.64 Å². The summed E-state index contributed by atoms with van der Waals surface area (Å²) in [4.78, 5) is 6.67. The minimum absolute atomic E-state index is 0.334. The van der Waals surface area contributed by atoms with Crippen LogP contribution in [0.5, 0.6) is 0 Å². The molecule has 0 radical (unpaired) electrons. The number of nitrogens with zero attached hydrogens (tertiary/aromatic N) is 2. The largest absolute Gasteiger partial charge is 0.375 e. The van der Waals surface area contributed by atoms with E-state index >= 15 is 0 Å². The number of aromatic nitrogens is 1. The molecule has 1 fully saturated rings. The Balaban J connectivity index is 2.22. The third-order valence-electron chi connectivity index (χ3n) is 3.18. The monoisotopic (exact) mass is 254 g/mol. The van der Waals surface area contributed by atoms with Gasteiger partial charge in [-0.25, -0.2) is 0 Å². The molecule has 0 aromatic carbocycles. The molecule has 0 aliphatic carbocycles. The quantitative estimate of drug-likeness (QED) is 0.776. The van der Waals surface area contributed by atoms with E-state index in [9.17, 15) is 0 Å². The number of aryl methyl sites for hydroxylation is 1. The van der Waals surface area contributed by atoms with Crippen LogP contribution in [-0.4, -0.2) is 30.8 Å². The van der Waals surface area contributed by atoms with E-state index in [1.54, 1.807) is 0 Å². The molecule has 1 aliphatic rings. The summed E-state index contributed by atoms with van der Waals surface area (Å²) < 4.78 is 5.69. The molecule has 0 saturated carbocycles. The molecule has 2 rings (SSSR count). The van der Waals surface area contributed by atoms with Gasteiger partial charge in [0.05, 0.1) is 18.6 Å². The van der Waals surface area contributed by atoms with Gasteiger partial charge in [-0.3, -0.25) is 4.98 Å². The maximum atomic E-state index is 5.98. The van der Waals surface area contributed by atoms with Crippen molar-refractivity contribution in [2.24, 2.45) is 0 Å². The van der Waals surface area contributed by atoms with Crippen molar-refractivity contribution in [1.29, 1.82) is 0 Å². The molecule has 1 aromatic rings. The fraction of sp³-hybridized carbons (Fsp3) is 0.615. The van der Waals surface area contributed by atoms with E-state index in [4.69, 9.17) is 16.3 Å². The second-order valence-corrected chi connectivity index (χ2v) is 4.70. The number of anilines is 1. The summed E-state index contributed by atoms with van der Waals surface area (Å²) in [5.41, 5.74) is 3.36. The Bertz CT molecular complexity index is 384. The zero-order valence-electron chi connectivity index (χ0n) is 10.4. The van der Waals surface area contributed by atoms with E-state index in [0.717, 1.165) is 37.4 Å². The van der Waals surface area contributed by atoms with Crippen molar-refractivity contribution in [2.45, 2.75) is 32.3 Å². The molecule has 4 heteroatoms. The Morgan fingerprint density at radius 2 is 2.41 bits per heavy atom. The van der Waals surface area contributed by atoms with Gasteiger partial charge in [-0.05, 0) is 19.4 Å². The second kappa shape index (κ2) is 5.69. The van der Waals surface area contributed by atoms with Crippen LogP contribution < -0.4 is 4.90 Å². The summed E-state index contributed by atoms with van der Waals surface area (Å²) in [5.74, 6) is 0.511. The lowest BCUT2D eigenvalue weighted by molar-refractivity contribution is 0.0384. The third kappa shape index (κ3) is 2.90. The molecular formula is C13H19ClN2O. The maximum absolute atomic E-state index is 5.98. The predicted molar refractivity (Wildman–Crippen MR) is 70.8 cm³/mol. The van der Waals surface area contributed by atoms with Crippen molar-refractivity contribution in [3.63, 3.8) is 0 Å². The molecule has 17 heavy (non-hydrogen) atoms. The highest BCUT2D eigenvalue weighted by molar-refractivity contribution is 6.17. The number of hydrogen-bond donors (Lipinski definition) is 0. The number of pyridine rings is 1. The van der Waals surface area contributed by atoms with Gasteiger partial charge in [0.2, 0.25) is 0 Å². The summed E-state index contributed by atoms with van der Waals surface area (Å²) in [6.45, 7) is 6.85. The van der Waals surface area contributed by atoms with Gasteiger partial charge in [0.15, 0.2) is 0 Å². The highest BCUT2D eigenvalue weighted by atomic mass is 35.5. The lowest BCUT2D eigenvalue weighted by Gasteiger charge is -2.35. The van der Waals surface area contributed by atoms with E-state index in [1.165, 1.54) is 5.69 Å². The molecule has 94 valence electrons. The first-order valence-electron chi connectivity index (χ1n) is 6.12. The van der Waals surface area contributed by atoms with Crippen LogP contribution in [0.4, 0.5) is 5.69 Å². The van der Waals surface area contributed by atoms with E-state index in [-0.39, 0.29) is 0 Å². The van der Waals surface area contributed by atoms with Gasteiger partial charge in [-0.1, -0.05) is 6.92 Å². The van der Waals surface area contributed by atoms with E-state index in [0.29, 0.717) is 12.0 Å². The van der Waals surface area contributed by atoms with Crippen molar-refractivity contribution in [1.82, 2.24) is 4.98 Å². The molecule has 1 aromatic heterocycles. The SMILES string of the molecule is CCC1CN(c2cc(C)ncc2CCl)CCO1. The summed E-state index contributed by atoms with van der Waals surface area (Å²) >= 11 is 5.98. The van der Waals surface area contributed by atoms with Crippen LogP contribution in [0.25, 0.3) is 0 Å². The first-order valence-corrected chi connectivity index (χ1v) is 6.66. The number of ether oxygens (including phenoxy) is 1. The van der Waals surface area contributed by atoms with Crippen LogP contribution in [0.1, 0.15) is 24.6 Å². The maximum Gasteiger partial charge on any atom is 0.0748 e. The van der Waals surface area contributed by atoms with Crippen LogP contribution in [0, 0.1) is 6.92 Å². The van der Waals surface area contributed by atoms with Crippen molar-refractivity contribution in [2.75, 3.05) is 24.6 Å². The first-order chi connectivity index (χ1) is 8.24. The minimum Gasteiger partial charge on any atom is -0.375 e. The summed E-state index contributed by atoms with van der Waals surface area (Å²) in [6.07, 6.45) is 3.27. The summed E-state index contributed by atoms with van der Waals surface area (Å²) in [6, 6.07) is 2.12. The average molecular weight is 255 g/mol. The molecule has 1 aliphatic heterocycles. The average Bonchev–Trinajstić information content (AvgIpc) is 2.39. The number of rotatable bonds is 3. The van der Waals surface area contributed by atoms with Gasteiger partial charge in [0.1, 0.15) is 0 Å². The van der Waals surface area contributed by atoms with Crippen molar-refractivity contribution in [3.05, 3.63) is 23.5 Å². The number of halogens is 1. The van der Waals surface area contributed by atoms with E-state index in [2.05, 4.69) is 22.9 Å². The smallest absolute Gasteiger partial charge is 0.0748 e. The van der Waals surface area contributed by atoms with Crippen LogP contribution in [0.15, 0.2) is 12.3 Å². The van der Waals surface area contributed by atoms with Gasteiger partial charge in [-0.15, -0.1) is 11.6 Å². The van der Waals surface area contributed by atoms with E-state index in [1.807, 2.05) is 13.1 Å². The molecule has 0 bridgehead atoms. The lowest BCUT2D eigenvalue weighted by atomic mass is 10.1. The lowest BCUT2D eigenvalue weighted by Crippen LogP contribution is -2.42. The first kappa shape index (κ1) is 12.7. The summed E-state index contributed by atoms with van der Waals surface area (Å²) in [5, 5.41) is 0.